The monoisotopic (exact) mass is 324 g/mol. The van der Waals surface area contributed by atoms with Crippen LogP contribution >= 0.6 is 0 Å². The molecule has 2 N–H and O–H groups in total. The molecule has 0 amide bonds. The molecule has 1 saturated carbocycles. The number of aliphatic hydroxyl groups excluding tert-OH is 1. The highest BCUT2D eigenvalue weighted by Crippen LogP contribution is 2.47. The lowest BCUT2D eigenvalue weighted by Gasteiger charge is -2.39. The number of ether oxygens (including phenoxy) is 1. The molecule has 2 aliphatic rings. The van der Waals surface area contributed by atoms with E-state index < -0.39 is 23.2 Å². The van der Waals surface area contributed by atoms with Gasteiger partial charge in [-0.15, -0.1) is 0 Å². The van der Waals surface area contributed by atoms with Crippen LogP contribution < -0.4 is 0 Å². The summed E-state index contributed by atoms with van der Waals surface area (Å²) in [6, 6.07) is 0. The normalized spacial score (nSPS) is 38.0. The van der Waals surface area contributed by atoms with Crippen LogP contribution in [0.15, 0.2) is 11.6 Å². The Labute approximate surface area is 139 Å². The fourth-order valence-corrected chi connectivity index (χ4v) is 3.78. The minimum absolute atomic E-state index is 0.0549. The number of aliphatic hydroxyl groups is 2. The van der Waals surface area contributed by atoms with Gasteiger partial charge in [-0.05, 0) is 52.4 Å². The Morgan fingerprint density at radius 2 is 1.96 bits per heavy atom. The molecule has 2 rings (SSSR count). The van der Waals surface area contributed by atoms with Gasteiger partial charge in [-0.2, -0.15) is 0 Å². The molecule has 0 spiro atoms. The van der Waals surface area contributed by atoms with E-state index >= 15 is 0 Å². The lowest BCUT2D eigenvalue weighted by Crippen LogP contribution is -2.50. The first-order valence-electron chi connectivity index (χ1n) is 8.76. The van der Waals surface area contributed by atoms with Gasteiger partial charge in [0, 0.05) is 12.3 Å². The fourth-order valence-electron chi connectivity index (χ4n) is 3.78. The van der Waals surface area contributed by atoms with E-state index in [-0.39, 0.29) is 17.8 Å². The van der Waals surface area contributed by atoms with Crippen LogP contribution in [0.4, 0.5) is 0 Å². The molecule has 5 atom stereocenters. The summed E-state index contributed by atoms with van der Waals surface area (Å²) in [5, 5.41) is 21.5. The van der Waals surface area contributed by atoms with Gasteiger partial charge in [0.25, 0.3) is 0 Å². The molecule has 0 unspecified atom stereocenters. The zero-order valence-electron chi connectivity index (χ0n) is 15.3. The lowest BCUT2D eigenvalue weighted by atomic mass is 9.78. The van der Waals surface area contributed by atoms with Gasteiger partial charge in [0.05, 0.1) is 11.5 Å². The summed E-state index contributed by atoms with van der Waals surface area (Å²) in [6.07, 6.45) is 3.12. The van der Waals surface area contributed by atoms with Crippen LogP contribution in [-0.2, 0) is 9.53 Å². The number of hydrogen-bond acceptors (Lipinski definition) is 4. The van der Waals surface area contributed by atoms with Gasteiger partial charge in [-0.25, -0.2) is 0 Å². The van der Waals surface area contributed by atoms with Crippen molar-refractivity contribution >= 4 is 5.97 Å². The second-order valence-corrected chi connectivity index (χ2v) is 8.80. The van der Waals surface area contributed by atoms with Crippen molar-refractivity contribution in [2.75, 3.05) is 0 Å². The van der Waals surface area contributed by atoms with Crippen molar-refractivity contribution in [3.8, 4) is 0 Å². The zero-order chi connectivity index (χ0) is 17.6. The molecule has 4 nitrogen and oxygen atoms in total. The first-order chi connectivity index (χ1) is 10.4. The second-order valence-electron chi connectivity index (χ2n) is 8.80. The molecule has 0 bridgehead atoms. The Balaban J connectivity index is 2.35. The quantitative estimate of drug-likeness (QED) is 0.605. The third kappa shape index (κ3) is 3.63. The maximum Gasteiger partial charge on any atom is 0.311 e. The highest BCUT2D eigenvalue weighted by molar-refractivity contribution is 5.75. The maximum absolute atomic E-state index is 12.4. The number of fused-ring (bicyclic) bond motifs is 1. The first-order valence-corrected chi connectivity index (χ1v) is 8.76. The molecule has 4 heteroatoms. The number of carbonyl (C=O) groups excluding carboxylic acids is 1. The number of hydrogen-bond donors (Lipinski definition) is 2. The van der Waals surface area contributed by atoms with Gasteiger partial charge >= 0.3 is 5.97 Å². The molecule has 1 fully saturated rings. The van der Waals surface area contributed by atoms with Gasteiger partial charge in [-0.3, -0.25) is 4.79 Å². The molecule has 0 aliphatic heterocycles. The maximum atomic E-state index is 12.4. The standard InChI is InChI=1S/C19H32O4/c1-11(2)12-9-13-14(7-8-15(13)20)19(6,22)16(10-12)23-17(21)18(3,4)5/h9,11,13-16,20,22H,7-8,10H2,1-6H3/t13-,14+,15-,16+,19-/m0/s1. The molecule has 132 valence electrons. The lowest BCUT2D eigenvalue weighted by molar-refractivity contribution is -0.180. The summed E-state index contributed by atoms with van der Waals surface area (Å²) in [4.78, 5) is 12.4. The average molecular weight is 324 g/mol. The van der Waals surface area contributed by atoms with E-state index in [9.17, 15) is 15.0 Å². The van der Waals surface area contributed by atoms with Crippen LogP contribution in [-0.4, -0.2) is 34.0 Å². The van der Waals surface area contributed by atoms with E-state index in [1.54, 1.807) is 6.92 Å². The van der Waals surface area contributed by atoms with Gasteiger partial charge in [-0.1, -0.05) is 25.5 Å². The number of rotatable bonds is 2. The van der Waals surface area contributed by atoms with E-state index in [2.05, 4.69) is 19.9 Å². The molecule has 0 aromatic rings. The summed E-state index contributed by atoms with van der Waals surface area (Å²) in [6.45, 7) is 11.4. The Hall–Kier alpha value is -0.870. The molecule has 2 aliphatic carbocycles. The Bertz CT molecular complexity index is 484. The van der Waals surface area contributed by atoms with Crippen LogP contribution in [0.3, 0.4) is 0 Å². The molecular formula is C19H32O4. The summed E-state index contributed by atoms with van der Waals surface area (Å²) in [5.41, 5.74) is -0.569. The van der Waals surface area contributed by atoms with Crippen molar-refractivity contribution in [1.82, 2.24) is 0 Å². The summed E-state index contributed by atoms with van der Waals surface area (Å²) in [7, 11) is 0. The Kier molecular flexibility index (Phi) is 4.99. The Morgan fingerprint density at radius 3 is 2.48 bits per heavy atom. The van der Waals surface area contributed by atoms with Crippen LogP contribution in [0.2, 0.25) is 0 Å². The minimum atomic E-state index is -1.13. The van der Waals surface area contributed by atoms with Crippen LogP contribution in [0.1, 0.15) is 60.8 Å². The number of esters is 1. The summed E-state index contributed by atoms with van der Waals surface area (Å²) >= 11 is 0. The van der Waals surface area contributed by atoms with Crippen molar-refractivity contribution in [3.63, 3.8) is 0 Å². The highest BCUT2D eigenvalue weighted by atomic mass is 16.6. The van der Waals surface area contributed by atoms with Crippen LogP contribution in [0, 0.1) is 23.2 Å². The predicted molar refractivity (Wildman–Crippen MR) is 89.7 cm³/mol. The van der Waals surface area contributed by atoms with Crippen molar-refractivity contribution < 1.29 is 19.7 Å². The van der Waals surface area contributed by atoms with Crippen molar-refractivity contribution in [3.05, 3.63) is 11.6 Å². The zero-order valence-corrected chi connectivity index (χ0v) is 15.3. The van der Waals surface area contributed by atoms with Gasteiger partial charge in [0.1, 0.15) is 11.7 Å². The molecule has 0 radical (unpaired) electrons. The van der Waals surface area contributed by atoms with Crippen molar-refractivity contribution in [1.29, 1.82) is 0 Å². The third-order valence-electron chi connectivity index (χ3n) is 5.52. The Morgan fingerprint density at radius 1 is 1.35 bits per heavy atom. The summed E-state index contributed by atoms with van der Waals surface area (Å²) in [5.74, 6) is -0.122. The molecule has 0 saturated heterocycles. The molecular weight excluding hydrogens is 292 g/mol. The van der Waals surface area contributed by atoms with E-state index in [4.69, 9.17) is 4.74 Å². The van der Waals surface area contributed by atoms with Crippen LogP contribution in [0.25, 0.3) is 0 Å². The number of carbonyl (C=O) groups is 1. The van der Waals surface area contributed by atoms with E-state index in [0.29, 0.717) is 18.8 Å². The molecule has 23 heavy (non-hydrogen) atoms. The highest BCUT2D eigenvalue weighted by Gasteiger charge is 2.52. The van der Waals surface area contributed by atoms with Gasteiger partial charge < -0.3 is 14.9 Å². The molecule has 0 aromatic heterocycles. The second kappa shape index (κ2) is 6.21. The smallest absolute Gasteiger partial charge is 0.311 e. The van der Waals surface area contributed by atoms with E-state index in [1.165, 1.54) is 0 Å². The largest absolute Gasteiger partial charge is 0.459 e. The first kappa shape index (κ1) is 18.5. The summed E-state index contributed by atoms with van der Waals surface area (Å²) < 4.78 is 5.76. The third-order valence-corrected chi connectivity index (χ3v) is 5.52. The van der Waals surface area contributed by atoms with Gasteiger partial charge in [0.2, 0.25) is 0 Å². The van der Waals surface area contributed by atoms with E-state index in [0.717, 1.165) is 12.0 Å². The molecule has 0 aromatic carbocycles. The van der Waals surface area contributed by atoms with Crippen molar-refractivity contribution in [2.24, 2.45) is 23.2 Å². The van der Waals surface area contributed by atoms with Crippen molar-refractivity contribution in [2.45, 2.75) is 78.6 Å². The molecule has 0 heterocycles. The van der Waals surface area contributed by atoms with Crippen LogP contribution in [0.5, 0.6) is 0 Å². The predicted octanol–water partition coefficient (Wildman–Crippen LogP) is 3.07. The SMILES string of the molecule is CC(C)C1=C[C@H]2[C@@H](CC[C@@H]2O)[C@](C)(O)[C@H](OC(=O)C(C)(C)C)C1. The average Bonchev–Trinajstić information content (AvgIpc) is 2.72. The minimum Gasteiger partial charge on any atom is -0.459 e. The topological polar surface area (TPSA) is 66.8 Å². The fraction of sp³-hybridized carbons (Fsp3) is 0.842. The van der Waals surface area contributed by atoms with E-state index in [1.807, 2.05) is 20.8 Å². The van der Waals surface area contributed by atoms with Gasteiger partial charge in [0.15, 0.2) is 0 Å².